The molecule has 0 saturated heterocycles. The van der Waals surface area contributed by atoms with E-state index >= 15 is 0 Å². The summed E-state index contributed by atoms with van der Waals surface area (Å²) in [5, 5.41) is 0. The molecule has 0 bridgehead atoms. The zero-order valence-electron chi connectivity index (χ0n) is 8.71. The van der Waals surface area contributed by atoms with Crippen LogP contribution in [0, 0.1) is 0 Å². The summed E-state index contributed by atoms with van der Waals surface area (Å²) in [4.78, 5) is 0. The molecule has 0 heterocycles. The topological polar surface area (TPSA) is 0 Å². The summed E-state index contributed by atoms with van der Waals surface area (Å²) in [5.41, 5.74) is 0. The van der Waals surface area contributed by atoms with Gasteiger partial charge in [0.05, 0.1) is 0 Å². The quantitative estimate of drug-likeness (QED) is 0.274. The minimum Gasteiger partial charge on any atom is -1.00 e. The largest absolute Gasteiger partial charge is 2.00 e. The van der Waals surface area contributed by atoms with Gasteiger partial charge in [-0.05, 0) is 0 Å². The van der Waals surface area contributed by atoms with Crippen LogP contribution in [0.3, 0.4) is 0 Å². The average molecular weight is 114 g/mol. The van der Waals surface area contributed by atoms with Gasteiger partial charge >= 0.3 is 126 Å². The molecule has 0 nitrogen and oxygen atoms in total. The van der Waals surface area contributed by atoms with Gasteiger partial charge in [0.2, 0.25) is 0 Å². The predicted molar refractivity (Wildman–Crippen MR) is 11.3 cm³/mol. The van der Waals surface area contributed by atoms with Gasteiger partial charge in [0.15, 0.2) is 0 Å². The van der Waals surface area contributed by atoms with E-state index in [-0.39, 0.29) is 134 Å². The van der Waals surface area contributed by atoms with Gasteiger partial charge in [-0.2, -0.15) is 0 Å². The zero-order chi connectivity index (χ0) is 0. The summed E-state index contributed by atoms with van der Waals surface area (Å²) >= 11 is 0. The molecule has 0 aliphatic rings. The van der Waals surface area contributed by atoms with Crippen molar-refractivity contribution in [3.63, 3.8) is 0 Å². The molecule has 0 aromatic heterocycles. The maximum absolute atomic E-state index is 0. The van der Waals surface area contributed by atoms with Gasteiger partial charge in [-0.15, -0.1) is 0 Å². The SMILES string of the molecule is [Ca+2].[H-].[H-].[H-].[H-].[H-].[Na+].[Na+].[Na+]. The molecule has 0 atom stereocenters. The van der Waals surface area contributed by atoms with Crippen LogP contribution in [-0.4, -0.2) is 37.7 Å². The van der Waals surface area contributed by atoms with Crippen LogP contribution in [-0.2, 0) is 0 Å². The van der Waals surface area contributed by atoms with Crippen LogP contribution in [0.4, 0.5) is 0 Å². The first kappa shape index (κ1) is 24.0. The summed E-state index contributed by atoms with van der Waals surface area (Å²) < 4.78 is 0. The van der Waals surface area contributed by atoms with E-state index in [2.05, 4.69) is 0 Å². The Balaban J connectivity index is 0. The van der Waals surface area contributed by atoms with Crippen molar-refractivity contribution in [1.29, 1.82) is 0 Å². The Bertz CT molecular complexity index is 12.2. The Kier molecular flexibility index (Phi) is 94.0. The van der Waals surface area contributed by atoms with E-state index < -0.39 is 0 Å². The fraction of sp³-hybridized carbons (Fsp3) is 0. The van der Waals surface area contributed by atoms with Crippen molar-refractivity contribution in [1.82, 2.24) is 0 Å². The fourth-order valence-corrected chi connectivity index (χ4v) is 0. The molecule has 0 aliphatic heterocycles. The van der Waals surface area contributed by atoms with Crippen molar-refractivity contribution < 1.29 is 95.8 Å². The van der Waals surface area contributed by atoms with Crippen LogP contribution in [0.2, 0.25) is 0 Å². The van der Waals surface area contributed by atoms with Crippen molar-refractivity contribution in [2.45, 2.75) is 0 Å². The number of hydrogen-bond donors (Lipinski definition) is 0. The summed E-state index contributed by atoms with van der Waals surface area (Å²) in [5.74, 6) is 0. The van der Waals surface area contributed by atoms with Crippen molar-refractivity contribution in [3.8, 4) is 0 Å². The van der Waals surface area contributed by atoms with Gasteiger partial charge in [-0.3, -0.25) is 0 Å². The van der Waals surface area contributed by atoms with Crippen LogP contribution in [0.25, 0.3) is 0 Å². The van der Waals surface area contributed by atoms with Crippen molar-refractivity contribution in [2.24, 2.45) is 0 Å². The molecule has 0 radical (unpaired) electrons. The van der Waals surface area contributed by atoms with Crippen LogP contribution in [0.15, 0.2) is 0 Å². The molecule has 0 unspecified atom stereocenters. The normalized spacial score (nSPS) is 0. The van der Waals surface area contributed by atoms with Crippen LogP contribution in [0.1, 0.15) is 7.13 Å². The molecule has 4 heteroatoms. The molecule has 0 aromatic rings. The minimum absolute atomic E-state index is 0. The van der Waals surface area contributed by atoms with Gasteiger partial charge in [0.1, 0.15) is 0 Å². The Morgan fingerprint density at radius 2 is 0.750 bits per heavy atom. The smallest absolute Gasteiger partial charge is 1.00 e. The molecule has 0 N–H and O–H groups in total. The molecule has 0 amide bonds. The van der Waals surface area contributed by atoms with E-state index in [1.165, 1.54) is 0 Å². The third kappa shape index (κ3) is 9.54. The minimum atomic E-state index is 0. The zero-order valence-corrected chi connectivity index (χ0v) is 11.9. The molecule has 0 aliphatic carbocycles. The molecule has 0 aromatic carbocycles. The molecule has 0 rings (SSSR count). The maximum Gasteiger partial charge on any atom is 2.00 e. The van der Waals surface area contributed by atoms with Gasteiger partial charge in [0, 0.05) is 0 Å². The number of hydrogen-bond acceptors (Lipinski definition) is 0. The van der Waals surface area contributed by atoms with Crippen LogP contribution in [0.5, 0.6) is 0 Å². The number of rotatable bonds is 0. The molecule has 4 heavy (non-hydrogen) atoms. The summed E-state index contributed by atoms with van der Waals surface area (Å²) in [7, 11) is 0. The average Bonchev–Trinajstić information content (AvgIpc) is 0. The third-order valence-electron chi connectivity index (χ3n) is 0. The van der Waals surface area contributed by atoms with Gasteiger partial charge in [-0.1, -0.05) is 0 Å². The second-order valence-corrected chi connectivity index (χ2v) is 0. The monoisotopic (exact) mass is 114 g/mol. The molecular formula is H5CaNa3. The summed E-state index contributed by atoms with van der Waals surface area (Å²) in [6.07, 6.45) is 0. The molecule has 0 fully saturated rings. The first-order chi connectivity index (χ1) is 0. The molecular weight excluding hydrogens is 109 g/mol. The van der Waals surface area contributed by atoms with E-state index in [0.717, 1.165) is 0 Å². The third-order valence-corrected chi connectivity index (χ3v) is 0. The summed E-state index contributed by atoms with van der Waals surface area (Å²) in [6, 6.07) is 0. The second kappa shape index (κ2) is 15.7. The van der Waals surface area contributed by atoms with E-state index in [9.17, 15) is 0 Å². The Hall–Kier alpha value is 4.26. The van der Waals surface area contributed by atoms with E-state index in [4.69, 9.17) is 0 Å². The second-order valence-electron chi connectivity index (χ2n) is 0. The first-order valence-electron chi connectivity index (χ1n) is 0. The standard InChI is InChI=1S/Ca.3Na.5H/q+2;3*+1;5*-1. The predicted octanol–water partition coefficient (Wildman–Crippen LogP) is -8.81. The van der Waals surface area contributed by atoms with Crippen LogP contribution < -0.4 is 88.7 Å². The molecule has 0 spiro atoms. The van der Waals surface area contributed by atoms with E-state index in [1.807, 2.05) is 0 Å². The van der Waals surface area contributed by atoms with E-state index in [1.54, 1.807) is 0 Å². The molecule has 10 valence electrons. The first-order valence-corrected chi connectivity index (χ1v) is 0. The van der Waals surface area contributed by atoms with Gasteiger partial charge in [-0.25, -0.2) is 0 Å². The van der Waals surface area contributed by atoms with Crippen molar-refractivity contribution >= 4 is 37.7 Å². The van der Waals surface area contributed by atoms with E-state index in [0.29, 0.717) is 0 Å². The van der Waals surface area contributed by atoms with Crippen LogP contribution >= 0.6 is 0 Å². The van der Waals surface area contributed by atoms with Gasteiger partial charge in [0.25, 0.3) is 0 Å². The van der Waals surface area contributed by atoms with Gasteiger partial charge < -0.3 is 7.13 Å². The molecule has 0 saturated carbocycles. The van der Waals surface area contributed by atoms with Crippen molar-refractivity contribution in [2.75, 3.05) is 0 Å². The Labute approximate surface area is 130 Å². The summed E-state index contributed by atoms with van der Waals surface area (Å²) in [6.45, 7) is 0. The maximum atomic E-state index is 0. The fourth-order valence-electron chi connectivity index (χ4n) is 0. The van der Waals surface area contributed by atoms with Crippen molar-refractivity contribution in [3.05, 3.63) is 0 Å². The Morgan fingerprint density at radius 1 is 0.750 bits per heavy atom. The Morgan fingerprint density at radius 3 is 0.750 bits per heavy atom.